The Balaban J connectivity index is 2.61. The summed E-state index contributed by atoms with van der Waals surface area (Å²) in [6.07, 6.45) is 0.894. The molecule has 0 aromatic carbocycles. The largest absolute Gasteiger partial charge is 0.391 e. The first kappa shape index (κ1) is 15.1. The third-order valence-electron chi connectivity index (χ3n) is 2.55. The van der Waals surface area contributed by atoms with Gasteiger partial charge >= 0.3 is 0 Å². The van der Waals surface area contributed by atoms with E-state index in [1.54, 1.807) is 14.0 Å². The molecule has 1 heterocycles. The van der Waals surface area contributed by atoms with Crippen LogP contribution >= 0.6 is 11.6 Å². The summed E-state index contributed by atoms with van der Waals surface area (Å²) in [6.45, 7) is 4.76. The molecule has 0 fully saturated rings. The molecule has 0 spiro atoms. The van der Waals surface area contributed by atoms with Crippen molar-refractivity contribution in [2.75, 3.05) is 25.6 Å². The van der Waals surface area contributed by atoms with Gasteiger partial charge in [-0.25, -0.2) is 9.97 Å². The first-order valence-electron chi connectivity index (χ1n) is 6.02. The number of nitrogens with one attached hydrogen (secondary N) is 1. The number of aliphatic hydroxyl groups excluding tert-OH is 1. The number of hydrogen-bond donors (Lipinski definition) is 2. The Kier molecular flexibility index (Phi) is 6.32. The zero-order valence-electron chi connectivity index (χ0n) is 11.0. The zero-order valence-corrected chi connectivity index (χ0v) is 11.8. The number of ether oxygens (including phenoxy) is 1. The van der Waals surface area contributed by atoms with Gasteiger partial charge in [0.2, 0.25) is 0 Å². The first-order valence-corrected chi connectivity index (χ1v) is 6.40. The minimum atomic E-state index is -0.467. The van der Waals surface area contributed by atoms with E-state index in [2.05, 4.69) is 15.3 Å². The zero-order chi connectivity index (χ0) is 13.5. The highest BCUT2D eigenvalue weighted by atomic mass is 35.5. The summed E-state index contributed by atoms with van der Waals surface area (Å²) in [4.78, 5) is 8.45. The Labute approximate surface area is 113 Å². The summed E-state index contributed by atoms with van der Waals surface area (Å²) in [6, 6.07) is 0. The third kappa shape index (κ3) is 4.40. The molecule has 18 heavy (non-hydrogen) atoms. The van der Waals surface area contributed by atoms with Crippen LogP contribution in [0, 0.1) is 6.92 Å². The molecule has 0 aliphatic heterocycles. The van der Waals surface area contributed by atoms with Gasteiger partial charge in [0.05, 0.1) is 12.7 Å². The highest BCUT2D eigenvalue weighted by Gasteiger charge is 2.10. The van der Waals surface area contributed by atoms with Crippen molar-refractivity contribution in [3.05, 3.63) is 16.5 Å². The predicted molar refractivity (Wildman–Crippen MR) is 72.1 cm³/mol. The van der Waals surface area contributed by atoms with Crippen molar-refractivity contribution in [2.24, 2.45) is 0 Å². The van der Waals surface area contributed by atoms with Crippen LogP contribution in [0.25, 0.3) is 0 Å². The maximum Gasteiger partial charge on any atom is 0.138 e. The van der Waals surface area contributed by atoms with E-state index in [4.69, 9.17) is 16.3 Å². The van der Waals surface area contributed by atoms with Crippen molar-refractivity contribution in [1.29, 1.82) is 0 Å². The van der Waals surface area contributed by atoms with E-state index < -0.39 is 6.10 Å². The molecule has 0 amide bonds. The second kappa shape index (κ2) is 7.51. The molecule has 102 valence electrons. The molecule has 1 aromatic heterocycles. The number of methoxy groups -OCH3 is 1. The lowest BCUT2D eigenvalue weighted by Crippen LogP contribution is -2.19. The highest BCUT2D eigenvalue weighted by molar-refractivity contribution is 6.30. The summed E-state index contributed by atoms with van der Waals surface area (Å²) in [5.74, 6) is 1.39. The molecule has 0 radical (unpaired) electrons. The number of hydrogen-bond acceptors (Lipinski definition) is 5. The average molecular weight is 274 g/mol. The molecular weight excluding hydrogens is 254 g/mol. The van der Waals surface area contributed by atoms with E-state index in [0.717, 1.165) is 17.8 Å². The number of aryl methyl sites for hydroxylation is 1. The lowest BCUT2D eigenvalue weighted by Gasteiger charge is -2.13. The van der Waals surface area contributed by atoms with Crippen molar-refractivity contribution < 1.29 is 9.84 Å². The van der Waals surface area contributed by atoms with Gasteiger partial charge in [-0.2, -0.15) is 0 Å². The normalized spacial score (nSPS) is 12.5. The fourth-order valence-corrected chi connectivity index (χ4v) is 2.00. The minimum Gasteiger partial charge on any atom is -0.391 e. The summed E-state index contributed by atoms with van der Waals surface area (Å²) >= 11 is 6.07. The molecule has 5 nitrogen and oxygen atoms in total. The van der Waals surface area contributed by atoms with Gasteiger partial charge in [-0.1, -0.05) is 18.5 Å². The quantitative estimate of drug-likeness (QED) is 0.742. The average Bonchev–Trinajstić information content (AvgIpc) is 2.28. The molecule has 0 aliphatic carbocycles. The van der Waals surface area contributed by atoms with Crippen LogP contribution in [0.5, 0.6) is 0 Å². The van der Waals surface area contributed by atoms with Crippen molar-refractivity contribution in [1.82, 2.24) is 9.97 Å². The maximum atomic E-state index is 9.54. The Morgan fingerprint density at radius 1 is 1.44 bits per heavy atom. The van der Waals surface area contributed by atoms with Crippen LogP contribution in [0.4, 0.5) is 5.82 Å². The van der Waals surface area contributed by atoms with Crippen LogP contribution in [0.15, 0.2) is 0 Å². The minimum absolute atomic E-state index is 0.339. The standard InChI is InChI=1S/C12H20ClN3O2/c1-4-10-11(13)15-8(2)16-12(10)14-6-5-9(17)7-18-3/h9,17H,4-7H2,1-3H3,(H,14,15,16). The Morgan fingerprint density at radius 2 is 2.17 bits per heavy atom. The summed E-state index contributed by atoms with van der Waals surface area (Å²) in [5, 5.41) is 13.2. The summed E-state index contributed by atoms with van der Waals surface area (Å²) < 4.78 is 4.86. The molecule has 1 unspecified atom stereocenters. The second-order valence-electron chi connectivity index (χ2n) is 4.07. The Morgan fingerprint density at radius 3 is 2.78 bits per heavy atom. The molecule has 1 aromatic rings. The molecule has 1 atom stereocenters. The van der Waals surface area contributed by atoms with Crippen LogP contribution in [-0.2, 0) is 11.2 Å². The molecule has 6 heteroatoms. The fourth-order valence-electron chi connectivity index (χ4n) is 1.65. The Bertz CT molecular complexity index is 388. The van der Waals surface area contributed by atoms with Crippen molar-refractivity contribution in [3.63, 3.8) is 0 Å². The van der Waals surface area contributed by atoms with Crippen molar-refractivity contribution in [3.8, 4) is 0 Å². The van der Waals surface area contributed by atoms with E-state index >= 15 is 0 Å². The molecule has 0 bridgehead atoms. The smallest absolute Gasteiger partial charge is 0.138 e. The number of anilines is 1. The fraction of sp³-hybridized carbons (Fsp3) is 0.667. The van der Waals surface area contributed by atoms with Crippen LogP contribution < -0.4 is 5.32 Å². The van der Waals surface area contributed by atoms with E-state index in [0.29, 0.717) is 30.5 Å². The molecule has 2 N–H and O–H groups in total. The SMILES string of the molecule is CCc1c(Cl)nc(C)nc1NCCC(O)COC. The highest BCUT2D eigenvalue weighted by Crippen LogP contribution is 2.21. The molecule has 0 saturated carbocycles. The van der Waals surface area contributed by atoms with Crippen LogP contribution in [0.1, 0.15) is 24.7 Å². The lowest BCUT2D eigenvalue weighted by molar-refractivity contribution is 0.0615. The lowest BCUT2D eigenvalue weighted by atomic mass is 10.2. The van der Waals surface area contributed by atoms with Gasteiger partial charge in [0.25, 0.3) is 0 Å². The van der Waals surface area contributed by atoms with Crippen LogP contribution in [-0.4, -0.2) is 41.4 Å². The molecular formula is C12H20ClN3O2. The number of nitrogens with zero attached hydrogens (tertiary/aromatic N) is 2. The number of rotatable bonds is 7. The van der Waals surface area contributed by atoms with Crippen LogP contribution in [0.3, 0.4) is 0 Å². The predicted octanol–water partition coefficient (Wildman–Crippen LogP) is 1.81. The van der Waals surface area contributed by atoms with Gasteiger partial charge in [0.1, 0.15) is 16.8 Å². The second-order valence-corrected chi connectivity index (χ2v) is 4.42. The van der Waals surface area contributed by atoms with Gasteiger partial charge in [-0.15, -0.1) is 0 Å². The van der Waals surface area contributed by atoms with Gasteiger partial charge in [-0.3, -0.25) is 0 Å². The van der Waals surface area contributed by atoms with Gasteiger partial charge in [0.15, 0.2) is 0 Å². The van der Waals surface area contributed by atoms with Gasteiger partial charge in [0, 0.05) is 19.2 Å². The monoisotopic (exact) mass is 273 g/mol. The first-order chi connectivity index (χ1) is 8.58. The van der Waals surface area contributed by atoms with E-state index in [9.17, 15) is 5.11 Å². The number of aliphatic hydroxyl groups is 1. The van der Waals surface area contributed by atoms with Crippen molar-refractivity contribution >= 4 is 17.4 Å². The number of halogens is 1. The van der Waals surface area contributed by atoms with Gasteiger partial charge in [-0.05, 0) is 19.8 Å². The number of aromatic nitrogens is 2. The Hall–Kier alpha value is -0.910. The van der Waals surface area contributed by atoms with E-state index in [1.807, 2.05) is 6.92 Å². The van der Waals surface area contributed by atoms with E-state index in [-0.39, 0.29) is 0 Å². The summed E-state index contributed by atoms with van der Waals surface area (Å²) in [5.41, 5.74) is 0.906. The van der Waals surface area contributed by atoms with Gasteiger partial charge < -0.3 is 15.2 Å². The summed E-state index contributed by atoms with van der Waals surface area (Å²) in [7, 11) is 1.57. The topological polar surface area (TPSA) is 67.3 Å². The third-order valence-corrected chi connectivity index (χ3v) is 2.86. The van der Waals surface area contributed by atoms with Crippen LogP contribution in [0.2, 0.25) is 5.15 Å². The molecule has 0 aliphatic rings. The maximum absolute atomic E-state index is 9.54. The molecule has 1 rings (SSSR count). The molecule has 0 saturated heterocycles. The van der Waals surface area contributed by atoms with E-state index in [1.165, 1.54) is 0 Å². The van der Waals surface area contributed by atoms with Crippen molar-refractivity contribution in [2.45, 2.75) is 32.8 Å².